The lowest BCUT2D eigenvalue weighted by atomic mass is 9.78. The summed E-state index contributed by atoms with van der Waals surface area (Å²) in [5.41, 5.74) is 6.45. The molecule has 1 saturated carbocycles. The minimum Gasteiger partial charge on any atom is -0.459 e. The molecule has 1 N–H and O–H groups in total. The number of amides is 1. The Bertz CT molecular complexity index is 1190. The first-order valence-corrected chi connectivity index (χ1v) is 15.4. The highest BCUT2D eigenvalue weighted by atomic mass is 16.7. The van der Waals surface area contributed by atoms with Gasteiger partial charge in [0, 0.05) is 38.1 Å². The number of carbonyl (C=O) groups excluding carboxylic acids is 1. The van der Waals surface area contributed by atoms with Gasteiger partial charge in [0.1, 0.15) is 0 Å². The van der Waals surface area contributed by atoms with Crippen LogP contribution in [0.2, 0.25) is 0 Å². The molecule has 0 unspecified atom stereocenters. The molecule has 0 radical (unpaired) electrons. The van der Waals surface area contributed by atoms with Crippen molar-refractivity contribution < 1.29 is 28.8 Å². The second-order valence-corrected chi connectivity index (χ2v) is 11.3. The van der Waals surface area contributed by atoms with Crippen LogP contribution in [-0.2, 0) is 30.2 Å². The molecule has 1 heterocycles. The van der Waals surface area contributed by atoms with Crippen LogP contribution >= 0.6 is 0 Å². The number of likely N-dealkylation sites (N-methyl/N-ethyl adjacent to an activating group) is 1. The lowest BCUT2D eigenvalue weighted by Crippen LogP contribution is -2.43. The third kappa shape index (κ3) is 6.86. The second kappa shape index (κ2) is 14.5. The summed E-state index contributed by atoms with van der Waals surface area (Å²) in [7, 11) is 1.92. The highest BCUT2D eigenvalue weighted by Gasteiger charge is 2.41. The van der Waals surface area contributed by atoms with Gasteiger partial charge in [0.25, 0.3) is 5.91 Å². The summed E-state index contributed by atoms with van der Waals surface area (Å²) in [5, 5.41) is 8.92. The third-order valence-corrected chi connectivity index (χ3v) is 8.82. The monoisotopic (exact) mass is 563 g/mol. The average Bonchev–Trinajstić information content (AvgIpc) is 3.40. The lowest BCUT2D eigenvalue weighted by molar-refractivity contribution is -0.172. The normalized spacial score (nSPS) is 22.0. The Morgan fingerprint density at radius 1 is 0.976 bits per heavy atom. The average molecular weight is 564 g/mol. The summed E-state index contributed by atoms with van der Waals surface area (Å²) in [6, 6.07) is 15.4. The highest BCUT2D eigenvalue weighted by Crippen LogP contribution is 2.46. The first-order chi connectivity index (χ1) is 20.1. The van der Waals surface area contributed by atoms with E-state index in [2.05, 4.69) is 48.5 Å². The standard InChI is InChI=1S/C34H45NO6/c1-3-40-34-29(16-18-38-20-21-39-19-17-36)31(23-32(41-34)33(37)35(2)25-11-5-4-6-12-25)28-15-9-14-27-26-13-8-7-10-24(26)22-30(27)28/h7-10,13-15,23,25,29,31,34,36H,3-6,11-12,16-22H2,1-2H3/t29-,31+,34+/m0/s1. The molecule has 2 aromatic rings. The van der Waals surface area contributed by atoms with Crippen molar-refractivity contribution in [3.63, 3.8) is 0 Å². The van der Waals surface area contributed by atoms with E-state index in [1.54, 1.807) is 0 Å². The van der Waals surface area contributed by atoms with E-state index in [1.165, 1.54) is 34.2 Å². The Labute approximate surface area is 244 Å². The number of aliphatic hydroxyl groups is 1. The van der Waals surface area contributed by atoms with Gasteiger partial charge in [-0.3, -0.25) is 4.79 Å². The van der Waals surface area contributed by atoms with Crippen LogP contribution in [-0.4, -0.2) is 74.9 Å². The van der Waals surface area contributed by atoms with E-state index in [1.807, 2.05) is 18.9 Å². The molecule has 1 amide bonds. The van der Waals surface area contributed by atoms with Crippen LogP contribution in [0.1, 0.15) is 68.1 Å². The van der Waals surface area contributed by atoms with Crippen LogP contribution in [0.4, 0.5) is 0 Å². The van der Waals surface area contributed by atoms with Gasteiger partial charge in [-0.15, -0.1) is 0 Å². The molecule has 1 fully saturated rings. The van der Waals surface area contributed by atoms with Gasteiger partial charge in [-0.05, 0) is 66.5 Å². The number of allylic oxidation sites excluding steroid dienone is 1. The lowest BCUT2D eigenvalue weighted by Gasteiger charge is -2.39. The van der Waals surface area contributed by atoms with E-state index in [-0.39, 0.29) is 30.4 Å². The molecule has 7 heteroatoms. The number of hydrogen-bond acceptors (Lipinski definition) is 6. The Morgan fingerprint density at radius 3 is 2.51 bits per heavy atom. The number of carbonyl (C=O) groups is 1. The van der Waals surface area contributed by atoms with Crippen molar-refractivity contribution in [1.82, 2.24) is 4.90 Å². The van der Waals surface area contributed by atoms with Gasteiger partial charge in [0.05, 0.1) is 26.4 Å². The first-order valence-electron chi connectivity index (χ1n) is 15.4. The van der Waals surface area contributed by atoms with Gasteiger partial charge in [-0.25, -0.2) is 0 Å². The van der Waals surface area contributed by atoms with Gasteiger partial charge >= 0.3 is 0 Å². The van der Waals surface area contributed by atoms with E-state index < -0.39 is 6.29 Å². The molecule has 0 spiro atoms. The maximum Gasteiger partial charge on any atom is 0.288 e. The number of benzene rings is 2. The maximum absolute atomic E-state index is 13.8. The molecule has 3 aliphatic rings. The van der Waals surface area contributed by atoms with Crippen molar-refractivity contribution in [3.8, 4) is 11.1 Å². The van der Waals surface area contributed by atoms with Crippen LogP contribution < -0.4 is 0 Å². The Kier molecular flexibility index (Phi) is 10.5. The molecule has 2 aliphatic carbocycles. The number of rotatable bonds is 13. The van der Waals surface area contributed by atoms with Gasteiger partial charge in [-0.2, -0.15) is 0 Å². The molecular weight excluding hydrogens is 518 g/mol. The van der Waals surface area contributed by atoms with E-state index >= 15 is 0 Å². The van der Waals surface area contributed by atoms with Crippen LogP contribution in [0.15, 0.2) is 54.3 Å². The first kappa shape index (κ1) is 29.8. The third-order valence-electron chi connectivity index (χ3n) is 8.82. The molecule has 0 aromatic heterocycles. The van der Waals surface area contributed by atoms with E-state index in [4.69, 9.17) is 24.1 Å². The van der Waals surface area contributed by atoms with Crippen molar-refractivity contribution in [2.24, 2.45) is 5.92 Å². The molecule has 2 aromatic carbocycles. The summed E-state index contributed by atoms with van der Waals surface area (Å²) in [6.07, 6.45) is 8.75. The fourth-order valence-electron chi connectivity index (χ4n) is 6.70. The molecule has 0 saturated heterocycles. The Balaban J connectivity index is 1.44. The molecule has 0 bridgehead atoms. The highest BCUT2D eigenvalue weighted by molar-refractivity contribution is 5.92. The minimum atomic E-state index is -0.553. The number of nitrogens with zero attached hydrogens (tertiary/aromatic N) is 1. The second-order valence-electron chi connectivity index (χ2n) is 11.3. The van der Waals surface area contributed by atoms with E-state index in [9.17, 15) is 4.79 Å². The van der Waals surface area contributed by atoms with Crippen molar-refractivity contribution in [2.75, 3.05) is 46.7 Å². The molecular formula is C34H45NO6. The van der Waals surface area contributed by atoms with Crippen molar-refractivity contribution in [1.29, 1.82) is 0 Å². The number of hydrogen-bond donors (Lipinski definition) is 1. The predicted molar refractivity (Wildman–Crippen MR) is 158 cm³/mol. The number of fused-ring (bicyclic) bond motifs is 3. The van der Waals surface area contributed by atoms with Gasteiger partial charge in [-0.1, -0.05) is 61.7 Å². The molecule has 41 heavy (non-hydrogen) atoms. The van der Waals surface area contributed by atoms with Gasteiger partial charge < -0.3 is 29.0 Å². The molecule has 3 atom stereocenters. The van der Waals surface area contributed by atoms with Gasteiger partial charge in [0.15, 0.2) is 5.76 Å². The van der Waals surface area contributed by atoms with E-state index in [0.29, 0.717) is 45.2 Å². The predicted octanol–water partition coefficient (Wildman–Crippen LogP) is 5.44. The molecule has 1 aliphatic heterocycles. The summed E-state index contributed by atoms with van der Waals surface area (Å²) >= 11 is 0. The smallest absolute Gasteiger partial charge is 0.288 e. The zero-order valence-corrected chi connectivity index (χ0v) is 24.6. The SMILES string of the molecule is CCO[C@@H]1OC(C(=O)N(C)C2CCCCC2)=C[C@H](c2cccc3c2Cc2ccccc2-3)[C@@H]1CCOCCOCCO. The minimum absolute atomic E-state index is 0.00567. The number of ether oxygens (including phenoxy) is 4. The summed E-state index contributed by atoms with van der Waals surface area (Å²) in [4.78, 5) is 15.7. The summed E-state index contributed by atoms with van der Waals surface area (Å²) < 4.78 is 23.9. The maximum atomic E-state index is 13.8. The van der Waals surface area contributed by atoms with Crippen LogP contribution in [0, 0.1) is 5.92 Å². The van der Waals surface area contributed by atoms with Crippen molar-refractivity contribution in [2.45, 2.75) is 70.1 Å². The largest absolute Gasteiger partial charge is 0.459 e. The zero-order valence-electron chi connectivity index (χ0n) is 24.6. The van der Waals surface area contributed by atoms with Crippen LogP contribution in [0.3, 0.4) is 0 Å². The fourth-order valence-corrected chi connectivity index (χ4v) is 6.70. The Morgan fingerprint density at radius 2 is 1.73 bits per heavy atom. The van der Waals surface area contributed by atoms with Crippen molar-refractivity contribution >= 4 is 5.91 Å². The van der Waals surface area contributed by atoms with Gasteiger partial charge in [0.2, 0.25) is 6.29 Å². The summed E-state index contributed by atoms with van der Waals surface area (Å²) in [6.45, 7) is 4.19. The van der Waals surface area contributed by atoms with Crippen LogP contribution in [0.25, 0.3) is 11.1 Å². The quantitative estimate of drug-likeness (QED) is 0.279. The zero-order chi connectivity index (χ0) is 28.6. The molecule has 7 nitrogen and oxygen atoms in total. The molecule has 222 valence electrons. The van der Waals surface area contributed by atoms with Crippen LogP contribution in [0.5, 0.6) is 0 Å². The van der Waals surface area contributed by atoms with E-state index in [0.717, 1.165) is 32.1 Å². The topological polar surface area (TPSA) is 77.5 Å². The van der Waals surface area contributed by atoms with Crippen molar-refractivity contribution in [3.05, 3.63) is 71.0 Å². The fraction of sp³-hybridized carbons (Fsp3) is 0.559. The molecule has 5 rings (SSSR count). The Hall–Kier alpha value is -2.71. The summed E-state index contributed by atoms with van der Waals surface area (Å²) in [5.74, 6) is 0.250. The number of aliphatic hydroxyl groups excluding tert-OH is 1.